The highest BCUT2D eigenvalue weighted by atomic mass is 35.5. The van der Waals surface area contributed by atoms with E-state index in [-0.39, 0.29) is 11.9 Å². The molecule has 20 heavy (non-hydrogen) atoms. The number of halogens is 1. The van der Waals surface area contributed by atoms with Crippen molar-refractivity contribution < 1.29 is 4.79 Å². The van der Waals surface area contributed by atoms with Gasteiger partial charge in [-0.25, -0.2) is 0 Å². The Kier molecular flexibility index (Phi) is 6.34. The van der Waals surface area contributed by atoms with E-state index < -0.39 is 0 Å². The number of rotatable bonds is 6. The Bertz CT molecular complexity index is 460. The van der Waals surface area contributed by atoms with Crippen LogP contribution in [0.3, 0.4) is 0 Å². The summed E-state index contributed by atoms with van der Waals surface area (Å²) in [7, 11) is 1.85. The molecule has 0 saturated heterocycles. The second-order valence-corrected chi connectivity index (χ2v) is 6.05. The molecule has 1 amide bonds. The van der Waals surface area contributed by atoms with Gasteiger partial charge in [0.25, 0.3) is 5.91 Å². The summed E-state index contributed by atoms with van der Waals surface area (Å²) in [5, 5.41) is 3.80. The molecule has 0 aliphatic heterocycles. The van der Waals surface area contributed by atoms with Gasteiger partial charge in [0.15, 0.2) is 0 Å². The number of carbonyl (C=O) groups is 1. The molecule has 112 valence electrons. The van der Waals surface area contributed by atoms with Crippen molar-refractivity contribution in [3.05, 3.63) is 28.8 Å². The molecular weight excluding hydrogens is 272 g/mol. The van der Waals surface area contributed by atoms with Crippen LogP contribution >= 0.6 is 11.6 Å². The second-order valence-electron chi connectivity index (χ2n) is 5.61. The van der Waals surface area contributed by atoms with Crippen molar-refractivity contribution in [2.45, 2.75) is 40.2 Å². The molecule has 0 radical (unpaired) electrons. The van der Waals surface area contributed by atoms with Crippen LogP contribution in [0, 0.1) is 5.92 Å². The summed E-state index contributed by atoms with van der Waals surface area (Å²) < 4.78 is 0. The number of nitrogens with zero attached hydrogens (tertiary/aromatic N) is 1. The van der Waals surface area contributed by atoms with Crippen molar-refractivity contribution in [3.63, 3.8) is 0 Å². The molecule has 0 saturated carbocycles. The van der Waals surface area contributed by atoms with Crippen LogP contribution in [0.15, 0.2) is 18.2 Å². The molecule has 1 aromatic rings. The van der Waals surface area contributed by atoms with Crippen molar-refractivity contribution in [3.8, 4) is 0 Å². The maximum atomic E-state index is 12.6. The molecule has 1 rings (SSSR count). The number of benzene rings is 1. The lowest BCUT2D eigenvalue weighted by atomic mass is 10.0. The van der Waals surface area contributed by atoms with Gasteiger partial charge in [-0.2, -0.15) is 0 Å². The van der Waals surface area contributed by atoms with Crippen molar-refractivity contribution in [2.75, 3.05) is 18.9 Å². The van der Waals surface area contributed by atoms with Crippen LogP contribution in [0.4, 0.5) is 5.69 Å². The van der Waals surface area contributed by atoms with E-state index in [1.54, 1.807) is 17.0 Å². The summed E-state index contributed by atoms with van der Waals surface area (Å²) in [6.45, 7) is 9.19. The smallest absolute Gasteiger partial charge is 0.255 e. The van der Waals surface area contributed by atoms with Crippen LogP contribution in [-0.4, -0.2) is 30.4 Å². The zero-order chi connectivity index (χ0) is 15.3. The van der Waals surface area contributed by atoms with E-state index in [1.807, 2.05) is 20.0 Å². The van der Waals surface area contributed by atoms with Gasteiger partial charge in [0.2, 0.25) is 0 Å². The molecule has 0 aliphatic rings. The molecule has 1 unspecified atom stereocenters. The molecule has 4 heteroatoms. The molecule has 1 atom stereocenters. The van der Waals surface area contributed by atoms with E-state index in [9.17, 15) is 4.79 Å². The minimum atomic E-state index is 0.0107. The predicted octanol–water partition coefficient (Wildman–Crippen LogP) is 4.28. The fraction of sp³-hybridized carbons (Fsp3) is 0.562. The number of amides is 1. The average molecular weight is 297 g/mol. The van der Waals surface area contributed by atoms with E-state index in [2.05, 4.69) is 26.1 Å². The van der Waals surface area contributed by atoms with Gasteiger partial charge in [-0.05, 0) is 44.4 Å². The molecular formula is C16H25ClN2O. The zero-order valence-electron chi connectivity index (χ0n) is 13.0. The molecule has 1 aromatic carbocycles. The number of nitrogens with one attached hydrogen (secondary N) is 1. The molecule has 0 fully saturated rings. The van der Waals surface area contributed by atoms with Crippen LogP contribution in [0.1, 0.15) is 44.5 Å². The standard InChI is InChI=1S/C16H25ClN2O/c1-6-18-15-8-7-13(17)10-14(15)16(20)19(5)12(4)9-11(2)3/h7-8,10-12,18H,6,9H2,1-5H3. The van der Waals surface area contributed by atoms with Gasteiger partial charge in [0.05, 0.1) is 5.56 Å². The molecule has 0 heterocycles. The largest absolute Gasteiger partial charge is 0.385 e. The summed E-state index contributed by atoms with van der Waals surface area (Å²) in [6.07, 6.45) is 0.985. The van der Waals surface area contributed by atoms with Crippen LogP contribution in [0.25, 0.3) is 0 Å². The fourth-order valence-electron chi connectivity index (χ4n) is 2.27. The topological polar surface area (TPSA) is 32.3 Å². The Morgan fingerprint density at radius 3 is 2.55 bits per heavy atom. The number of hydrogen-bond acceptors (Lipinski definition) is 2. The van der Waals surface area contributed by atoms with Crippen molar-refractivity contribution in [1.29, 1.82) is 0 Å². The highest BCUT2D eigenvalue weighted by molar-refractivity contribution is 6.31. The number of carbonyl (C=O) groups excluding carboxylic acids is 1. The monoisotopic (exact) mass is 296 g/mol. The van der Waals surface area contributed by atoms with Crippen LogP contribution < -0.4 is 5.32 Å². The van der Waals surface area contributed by atoms with E-state index in [0.29, 0.717) is 16.5 Å². The fourth-order valence-corrected chi connectivity index (χ4v) is 2.44. The Morgan fingerprint density at radius 1 is 1.35 bits per heavy atom. The number of anilines is 1. The van der Waals surface area contributed by atoms with Gasteiger partial charge in [0.1, 0.15) is 0 Å². The van der Waals surface area contributed by atoms with E-state index in [4.69, 9.17) is 11.6 Å². The predicted molar refractivity (Wildman–Crippen MR) is 86.6 cm³/mol. The third-order valence-corrected chi connectivity index (χ3v) is 3.61. The van der Waals surface area contributed by atoms with Gasteiger partial charge < -0.3 is 10.2 Å². The van der Waals surface area contributed by atoms with Crippen molar-refractivity contribution in [2.24, 2.45) is 5.92 Å². The lowest BCUT2D eigenvalue weighted by Gasteiger charge is -2.27. The maximum absolute atomic E-state index is 12.6. The Balaban J connectivity index is 2.98. The molecule has 3 nitrogen and oxygen atoms in total. The van der Waals surface area contributed by atoms with Crippen LogP contribution in [0.5, 0.6) is 0 Å². The first-order valence-corrected chi connectivity index (χ1v) is 7.55. The Hall–Kier alpha value is -1.22. The molecule has 0 aromatic heterocycles. The Morgan fingerprint density at radius 2 is 2.00 bits per heavy atom. The second kappa shape index (κ2) is 7.53. The number of hydrogen-bond donors (Lipinski definition) is 1. The first kappa shape index (κ1) is 16.8. The molecule has 0 aliphatic carbocycles. The third kappa shape index (κ3) is 4.41. The quantitative estimate of drug-likeness (QED) is 0.850. The molecule has 0 bridgehead atoms. The minimum absolute atomic E-state index is 0.0107. The molecule has 0 spiro atoms. The summed E-state index contributed by atoms with van der Waals surface area (Å²) in [5.41, 5.74) is 1.47. The summed E-state index contributed by atoms with van der Waals surface area (Å²) in [5.74, 6) is 0.574. The van der Waals surface area contributed by atoms with Gasteiger partial charge in [-0.1, -0.05) is 25.4 Å². The van der Waals surface area contributed by atoms with Crippen molar-refractivity contribution in [1.82, 2.24) is 4.90 Å². The maximum Gasteiger partial charge on any atom is 0.255 e. The Labute approximate surface area is 127 Å². The normalized spacial score (nSPS) is 12.3. The first-order valence-electron chi connectivity index (χ1n) is 7.17. The van der Waals surface area contributed by atoms with E-state index >= 15 is 0 Å². The highest BCUT2D eigenvalue weighted by Crippen LogP contribution is 2.23. The van der Waals surface area contributed by atoms with Crippen LogP contribution in [-0.2, 0) is 0 Å². The van der Waals surface area contributed by atoms with Gasteiger partial charge in [-0.3, -0.25) is 4.79 Å². The van der Waals surface area contributed by atoms with Gasteiger partial charge >= 0.3 is 0 Å². The SMILES string of the molecule is CCNc1ccc(Cl)cc1C(=O)N(C)C(C)CC(C)C. The van der Waals surface area contributed by atoms with E-state index in [1.165, 1.54) is 0 Å². The first-order chi connectivity index (χ1) is 9.36. The van der Waals surface area contributed by atoms with Gasteiger partial charge in [-0.15, -0.1) is 0 Å². The third-order valence-electron chi connectivity index (χ3n) is 3.37. The highest BCUT2D eigenvalue weighted by Gasteiger charge is 2.21. The zero-order valence-corrected chi connectivity index (χ0v) is 13.8. The average Bonchev–Trinajstić information content (AvgIpc) is 2.38. The van der Waals surface area contributed by atoms with Crippen LogP contribution in [0.2, 0.25) is 5.02 Å². The molecule has 1 N–H and O–H groups in total. The summed E-state index contributed by atoms with van der Waals surface area (Å²) >= 11 is 6.03. The summed E-state index contributed by atoms with van der Waals surface area (Å²) in [6, 6.07) is 5.60. The minimum Gasteiger partial charge on any atom is -0.385 e. The lowest BCUT2D eigenvalue weighted by molar-refractivity contribution is 0.0729. The van der Waals surface area contributed by atoms with E-state index in [0.717, 1.165) is 18.7 Å². The van der Waals surface area contributed by atoms with Crippen molar-refractivity contribution >= 4 is 23.2 Å². The van der Waals surface area contributed by atoms with Gasteiger partial charge in [0, 0.05) is 30.3 Å². The lowest BCUT2D eigenvalue weighted by Crippen LogP contribution is -2.36. The summed E-state index contributed by atoms with van der Waals surface area (Å²) in [4.78, 5) is 14.4.